The molecule has 2 aromatic rings. The van der Waals surface area contributed by atoms with Crippen LogP contribution in [0.1, 0.15) is 24.5 Å². The second-order valence-electron chi connectivity index (χ2n) is 7.17. The van der Waals surface area contributed by atoms with Crippen LogP contribution in [-0.4, -0.2) is 52.3 Å². The molecular formula is C23H26N2O8. The third-order valence-electron chi connectivity index (χ3n) is 4.48. The van der Waals surface area contributed by atoms with Crippen molar-refractivity contribution in [2.24, 2.45) is 0 Å². The Morgan fingerprint density at radius 3 is 1.85 bits per heavy atom. The van der Waals surface area contributed by atoms with Gasteiger partial charge in [-0.15, -0.1) is 0 Å². The van der Waals surface area contributed by atoms with E-state index in [0.29, 0.717) is 11.1 Å². The second kappa shape index (κ2) is 12.8. The number of carbonyl (C=O) groups excluding carboxylic acids is 3. The van der Waals surface area contributed by atoms with E-state index in [1.54, 1.807) is 60.7 Å². The van der Waals surface area contributed by atoms with Gasteiger partial charge in [-0.2, -0.15) is 0 Å². The number of aliphatic carboxylic acids is 1. The first-order chi connectivity index (χ1) is 15.8. The molecule has 0 aromatic heterocycles. The van der Waals surface area contributed by atoms with E-state index in [9.17, 15) is 29.4 Å². The van der Waals surface area contributed by atoms with Crippen LogP contribution in [0.5, 0.6) is 0 Å². The maximum absolute atomic E-state index is 12.5. The summed E-state index contributed by atoms with van der Waals surface area (Å²) < 4.78 is 10.1. The summed E-state index contributed by atoms with van der Waals surface area (Å²) in [6.07, 6.45) is -2.98. The number of hydrogen-bond acceptors (Lipinski definition) is 7. The summed E-state index contributed by atoms with van der Waals surface area (Å²) in [7, 11) is 0. The van der Waals surface area contributed by atoms with Crippen LogP contribution in [0.2, 0.25) is 0 Å². The molecule has 0 aliphatic heterocycles. The predicted octanol–water partition coefficient (Wildman–Crippen LogP) is 1.37. The number of carboxylic acid groups (broad SMARTS) is 1. The molecule has 10 nitrogen and oxygen atoms in total. The van der Waals surface area contributed by atoms with E-state index in [2.05, 4.69) is 10.6 Å². The standard InChI is InChI=1S/C23H26N2O8/c1-15(26)20(25-23(31)33-14-17-10-6-3-7-11-17)21(28)24-18(22(29)30)12-19(27)32-13-16-8-4-2-5-9-16/h2-11,15,18,20,26H,12-14H2,1H3,(H,24,28)(H,25,31)(H,29,30)/t15-,18-,20+/m1/s1. The molecule has 0 fully saturated rings. The number of carboxylic acids is 1. The molecule has 0 saturated carbocycles. The van der Waals surface area contributed by atoms with Crippen molar-refractivity contribution in [3.05, 3.63) is 71.8 Å². The van der Waals surface area contributed by atoms with Crippen LogP contribution < -0.4 is 10.6 Å². The quantitative estimate of drug-likeness (QED) is 0.369. The number of hydrogen-bond donors (Lipinski definition) is 4. The first kappa shape index (κ1) is 25.3. The predicted molar refractivity (Wildman–Crippen MR) is 116 cm³/mol. The van der Waals surface area contributed by atoms with Crippen molar-refractivity contribution >= 4 is 23.9 Å². The Balaban J connectivity index is 1.89. The van der Waals surface area contributed by atoms with Gasteiger partial charge in [-0.1, -0.05) is 60.7 Å². The van der Waals surface area contributed by atoms with Crippen molar-refractivity contribution < 1.29 is 38.9 Å². The van der Waals surface area contributed by atoms with Crippen LogP contribution in [0.3, 0.4) is 0 Å². The molecule has 33 heavy (non-hydrogen) atoms. The summed E-state index contributed by atoms with van der Waals surface area (Å²) in [5.41, 5.74) is 1.43. The smallest absolute Gasteiger partial charge is 0.408 e. The Labute approximate surface area is 190 Å². The topological polar surface area (TPSA) is 151 Å². The number of aliphatic hydroxyl groups is 1. The van der Waals surface area contributed by atoms with E-state index in [0.717, 1.165) is 0 Å². The number of benzene rings is 2. The first-order valence-electron chi connectivity index (χ1n) is 10.1. The molecule has 0 aliphatic rings. The van der Waals surface area contributed by atoms with Gasteiger partial charge in [-0.3, -0.25) is 9.59 Å². The van der Waals surface area contributed by atoms with Gasteiger partial charge in [0.05, 0.1) is 12.5 Å². The lowest BCUT2D eigenvalue weighted by molar-refractivity contribution is -0.151. The molecule has 2 amide bonds. The minimum absolute atomic E-state index is 0.0505. The summed E-state index contributed by atoms with van der Waals surface area (Å²) in [6.45, 7) is 1.13. The van der Waals surface area contributed by atoms with E-state index in [1.807, 2.05) is 0 Å². The van der Waals surface area contributed by atoms with Crippen molar-refractivity contribution in [3.8, 4) is 0 Å². The number of alkyl carbamates (subject to hydrolysis) is 1. The summed E-state index contributed by atoms with van der Waals surface area (Å²) in [5.74, 6) is -3.31. The molecule has 0 spiro atoms. The molecule has 0 radical (unpaired) electrons. The van der Waals surface area contributed by atoms with Crippen LogP contribution in [0.4, 0.5) is 4.79 Å². The van der Waals surface area contributed by atoms with Crippen LogP contribution >= 0.6 is 0 Å². The first-order valence-corrected chi connectivity index (χ1v) is 10.1. The number of esters is 1. The molecule has 0 saturated heterocycles. The molecule has 2 aromatic carbocycles. The van der Waals surface area contributed by atoms with Gasteiger partial charge in [0.1, 0.15) is 25.3 Å². The third kappa shape index (κ3) is 8.99. The largest absolute Gasteiger partial charge is 0.480 e. The number of amides is 2. The molecule has 4 N–H and O–H groups in total. The normalized spacial score (nSPS) is 13.2. The lowest BCUT2D eigenvalue weighted by Crippen LogP contribution is -2.56. The Morgan fingerprint density at radius 2 is 1.36 bits per heavy atom. The number of carbonyl (C=O) groups is 4. The molecule has 0 aliphatic carbocycles. The van der Waals surface area contributed by atoms with Crippen LogP contribution in [0.25, 0.3) is 0 Å². The zero-order chi connectivity index (χ0) is 24.2. The number of ether oxygens (including phenoxy) is 2. The molecule has 3 atom stereocenters. The van der Waals surface area contributed by atoms with Crippen molar-refractivity contribution in [2.45, 2.75) is 44.7 Å². The summed E-state index contributed by atoms with van der Waals surface area (Å²) >= 11 is 0. The Hall–Kier alpha value is -3.92. The minimum Gasteiger partial charge on any atom is -0.480 e. The highest BCUT2D eigenvalue weighted by Crippen LogP contribution is 2.05. The molecular weight excluding hydrogens is 432 g/mol. The van der Waals surface area contributed by atoms with E-state index in [-0.39, 0.29) is 13.2 Å². The lowest BCUT2D eigenvalue weighted by atomic mass is 10.1. The van der Waals surface area contributed by atoms with E-state index >= 15 is 0 Å². The highest BCUT2D eigenvalue weighted by atomic mass is 16.5. The van der Waals surface area contributed by atoms with Gasteiger partial charge in [0, 0.05) is 0 Å². The highest BCUT2D eigenvalue weighted by Gasteiger charge is 2.31. The molecule has 176 valence electrons. The zero-order valence-corrected chi connectivity index (χ0v) is 18.0. The fourth-order valence-corrected chi connectivity index (χ4v) is 2.72. The van der Waals surface area contributed by atoms with Crippen LogP contribution in [0.15, 0.2) is 60.7 Å². The Morgan fingerprint density at radius 1 is 0.848 bits per heavy atom. The van der Waals surface area contributed by atoms with Crippen molar-refractivity contribution in [2.75, 3.05) is 0 Å². The molecule has 10 heteroatoms. The average molecular weight is 458 g/mol. The van der Waals surface area contributed by atoms with Crippen molar-refractivity contribution in [3.63, 3.8) is 0 Å². The fourth-order valence-electron chi connectivity index (χ4n) is 2.72. The number of aliphatic hydroxyl groups excluding tert-OH is 1. The van der Waals surface area contributed by atoms with Crippen LogP contribution in [0, 0.1) is 0 Å². The molecule has 0 unspecified atom stereocenters. The van der Waals surface area contributed by atoms with Gasteiger partial charge in [0.15, 0.2) is 0 Å². The second-order valence-corrected chi connectivity index (χ2v) is 7.17. The maximum Gasteiger partial charge on any atom is 0.408 e. The SMILES string of the molecule is C[C@@H](O)[C@H](NC(=O)OCc1ccccc1)C(=O)N[C@H](CC(=O)OCc1ccccc1)C(=O)O. The monoisotopic (exact) mass is 458 g/mol. The van der Waals surface area contributed by atoms with E-state index in [1.165, 1.54) is 6.92 Å². The lowest BCUT2D eigenvalue weighted by Gasteiger charge is -2.22. The summed E-state index contributed by atoms with van der Waals surface area (Å²) in [4.78, 5) is 48.1. The summed E-state index contributed by atoms with van der Waals surface area (Å²) in [5, 5.41) is 23.6. The number of nitrogens with one attached hydrogen (secondary N) is 2. The molecule has 2 rings (SSSR count). The van der Waals surface area contributed by atoms with E-state index < -0.39 is 48.5 Å². The fraction of sp³-hybridized carbons (Fsp3) is 0.304. The summed E-state index contributed by atoms with van der Waals surface area (Å²) in [6, 6.07) is 14.5. The highest BCUT2D eigenvalue weighted by molar-refractivity contribution is 5.91. The minimum atomic E-state index is -1.62. The zero-order valence-electron chi connectivity index (χ0n) is 18.0. The Kier molecular flexibility index (Phi) is 9.84. The maximum atomic E-state index is 12.5. The molecule has 0 heterocycles. The van der Waals surface area contributed by atoms with Gasteiger partial charge < -0.3 is 30.3 Å². The van der Waals surface area contributed by atoms with Gasteiger partial charge in [0.25, 0.3) is 0 Å². The average Bonchev–Trinajstić information content (AvgIpc) is 2.80. The van der Waals surface area contributed by atoms with Gasteiger partial charge in [0.2, 0.25) is 5.91 Å². The number of rotatable bonds is 11. The van der Waals surface area contributed by atoms with Gasteiger partial charge in [-0.05, 0) is 18.1 Å². The van der Waals surface area contributed by atoms with E-state index in [4.69, 9.17) is 9.47 Å². The third-order valence-corrected chi connectivity index (χ3v) is 4.48. The Bertz CT molecular complexity index is 934. The van der Waals surface area contributed by atoms with Gasteiger partial charge >= 0.3 is 18.0 Å². The van der Waals surface area contributed by atoms with Crippen LogP contribution in [-0.2, 0) is 37.1 Å². The van der Waals surface area contributed by atoms with Crippen molar-refractivity contribution in [1.29, 1.82) is 0 Å². The van der Waals surface area contributed by atoms with Crippen molar-refractivity contribution in [1.82, 2.24) is 10.6 Å². The molecule has 0 bridgehead atoms. The van der Waals surface area contributed by atoms with Gasteiger partial charge in [-0.25, -0.2) is 9.59 Å².